The van der Waals surface area contributed by atoms with E-state index in [1.165, 1.54) is 16.7 Å². The Morgan fingerprint density at radius 2 is 1.96 bits per heavy atom. The number of nitrogens with zero attached hydrogens (tertiary/aromatic N) is 1. The van der Waals surface area contributed by atoms with Crippen LogP contribution in [0.2, 0.25) is 0 Å². The number of amides is 1. The van der Waals surface area contributed by atoms with E-state index in [1.54, 1.807) is 0 Å². The maximum Gasteiger partial charge on any atom is 0.222 e. The van der Waals surface area contributed by atoms with Gasteiger partial charge in [0.05, 0.1) is 6.61 Å². The molecule has 0 saturated carbocycles. The molecular weight excluding hydrogens is 288 g/mol. The number of nitrogens with one attached hydrogen (secondary N) is 1. The molecule has 1 fully saturated rings. The van der Waals surface area contributed by atoms with E-state index in [4.69, 9.17) is 4.74 Å². The van der Waals surface area contributed by atoms with Crippen molar-refractivity contribution in [3.05, 3.63) is 28.8 Å². The van der Waals surface area contributed by atoms with Gasteiger partial charge in [0.2, 0.25) is 5.91 Å². The van der Waals surface area contributed by atoms with E-state index < -0.39 is 0 Å². The lowest BCUT2D eigenvalue weighted by molar-refractivity contribution is -0.132. The van der Waals surface area contributed by atoms with Gasteiger partial charge in [-0.15, -0.1) is 0 Å². The van der Waals surface area contributed by atoms with E-state index >= 15 is 0 Å². The fraction of sp³-hybridized carbons (Fsp3) is 0.632. The minimum atomic E-state index is 0.291. The summed E-state index contributed by atoms with van der Waals surface area (Å²) >= 11 is 0. The van der Waals surface area contributed by atoms with Crippen LogP contribution in [0.1, 0.15) is 37.0 Å². The van der Waals surface area contributed by atoms with Crippen LogP contribution in [0, 0.1) is 19.8 Å². The second-order valence-corrected chi connectivity index (χ2v) is 6.55. The predicted molar refractivity (Wildman–Crippen MR) is 94.0 cm³/mol. The van der Waals surface area contributed by atoms with Crippen LogP contribution in [0.25, 0.3) is 0 Å². The summed E-state index contributed by atoms with van der Waals surface area (Å²) in [6, 6.07) is 4.21. The Labute approximate surface area is 140 Å². The molecule has 23 heavy (non-hydrogen) atoms. The van der Waals surface area contributed by atoms with E-state index in [-0.39, 0.29) is 0 Å². The molecule has 1 aromatic rings. The largest absolute Gasteiger partial charge is 0.494 e. The van der Waals surface area contributed by atoms with E-state index in [0.29, 0.717) is 24.9 Å². The molecule has 1 unspecified atom stereocenters. The van der Waals surface area contributed by atoms with Crippen LogP contribution in [0.5, 0.6) is 5.75 Å². The van der Waals surface area contributed by atoms with Crippen LogP contribution >= 0.6 is 0 Å². The third-order valence-electron chi connectivity index (χ3n) is 4.71. The second kappa shape index (κ2) is 8.34. The van der Waals surface area contributed by atoms with Gasteiger partial charge in [-0.1, -0.05) is 13.0 Å². The quantitative estimate of drug-likeness (QED) is 0.877. The van der Waals surface area contributed by atoms with Crippen LogP contribution in [0.4, 0.5) is 0 Å². The average Bonchev–Trinajstić information content (AvgIpc) is 2.55. The zero-order valence-corrected chi connectivity index (χ0v) is 14.9. The van der Waals surface area contributed by atoms with Gasteiger partial charge in [0.15, 0.2) is 0 Å². The lowest BCUT2D eigenvalue weighted by Crippen LogP contribution is -2.46. The van der Waals surface area contributed by atoms with E-state index in [9.17, 15) is 4.79 Å². The Morgan fingerprint density at radius 1 is 1.26 bits per heavy atom. The summed E-state index contributed by atoms with van der Waals surface area (Å²) in [5.41, 5.74) is 3.83. The van der Waals surface area contributed by atoms with Gasteiger partial charge in [0, 0.05) is 32.6 Å². The Kier molecular flexibility index (Phi) is 6.46. The maximum absolute atomic E-state index is 12.4. The van der Waals surface area contributed by atoms with Gasteiger partial charge in [-0.3, -0.25) is 4.79 Å². The summed E-state index contributed by atoms with van der Waals surface area (Å²) in [7, 11) is 0. The number of carbonyl (C=O) groups is 1. The third-order valence-corrected chi connectivity index (χ3v) is 4.71. The molecule has 1 N–H and O–H groups in total. The minimum Gasteiger partial charge on any atom is -0.494 e. The monoisotopic (exact) mass is 318 g/mol. The highest BCUT2D eigenvalue weighted by Crippen LogP contribution is 2.26. The molecule has 4 nitrogen and oxygen atoms in total. The maximum atomic E-state index is 12.4. The Hall–Kier alpha value is -1.55. The molecule has 2 rings (SSSR count). The number of hydrogen-bond donors (Lipinski definition) is 1. The number of benzene rings is 1. The molecule has 1 atom stereocenters. The fourth-order valence-electron chi connectivity index (χ4n) is 3.17. The van der Waals surface area contributed by atoms with Gasteiger partial charge in [0.25, 0.3) is 0 Å². The lowest BCUT2D eigenvalue weighted by Gasteiger charge is -2.28. The van der Waals surface area contributed by atoms with Crippen LogP contribution in [-0.4, -0.2) is 43.6 Å². The van der Waals surface area contributed by atoms with Crippen molar-refractivity contribution >= 4 is 5.91 Å². The molecule has 1 saturated heterocycles. The Bertz CT molecular complexity index is 536. The molecule has 0 spiro atoms. The van der Waals surface area contributed by atoms with Crippen LogP contribution in [0.3, 0.4) is 0 Å². The molecule has 0 bridgehead atoms. The summed E-state index contributed by atoms with van der Waals surface area (Å²) in [6.07, 6.45) is 1.57. The molecule has 0 aliphatic carbocycles. The van der Waals surface area contributed by atoms with Crippen molar-refractivity contribution in [3.8, 4) is 5.75 Å². The minimum absolute atomic E-state index is 0.291. The number of rotatable bonds is 6. The highest BCUT2D eigenvalue weighted by Gasteiger charge is 2.19. The Balaban J connectivity index is 1.95. The molecule has 1 aliphatic heterocycles. The van der Waals surface area contributed by atoms with Gasteiger partial charge >= 0.3 is 0 Å². The van der Waals surface area contributed by atoms with E-state index in [0.717, 1.165) is 38.3 Å². The van der Waals surface area contributed by atoms with Crippen LogP contribution < -0.4 is 10.1 Å². The number of piperazine rings is 1. The smallest absolute Gasteiger partial charge is 0.222 e. The lowest BCUT2D eigenvalue weighted by atomic mass is 9.92. The van der Waals surface area contributed by atoms with Crippen molar-refractivity contribution in [1.29, 1.82) is 0 Å². The van der Waals surface area contributed by atoms with Crippen LogP contribution in [-0.2, 0) is 11.2 Å². The van der Waals surface area contributed by atoms with Crippen molar-refractivity contribution in [1.82, 2.24) is 10.2 Å². The number of carbonyl (C=O) groups excluding carboxylic acids is 1. The molecule has 0 radical (unpaired) electrons. The van der Waals surface area contributed by atoms with Crippen LogP contribution in [0.15, 0.2) is 12.1 Å². The molecule has 1 heterocycles. The zero-order chi connectivity index (χ0) is 16.8. The van der Waals surface area contributed by atoms with Crippen molar-refractivity contribution in [2.24, 2.45) is 5.92 Å². The highest BCUT2D eigenvalue weighted by molar-refractivity contribution is 5.76. The molecule has 4 heteroatoms. The first-order chi connectivity index (χ1) is 11.0. The fourth-order valence-corrected chi connectivity index (χ4v) is 3.17. The third kappa shape index (κ3) is 4.71. The van der Waals surface area contributed by atoms with Gasteiger partial charge in [-0.2, -0.15) is 0 Å². The van der Waals surface area contributed by atoms with Gasteiger partial charge in [0.1, 0.15) is 5.75 Å². The summed E-state index contributed by atoms with van der Waals surface area (Å²) < 4.78 is 5.65. The van der Waals surface area contributed by atoms with Crippen molar-refractivity contribution < 1.29 is 9.53 Å². The number of ether oxygens (including phenoxy) is 1. The van der Waals surface area contributed by atoms with Crippen molar-refractivity contribution in [2.45, 2.75) is 40.5 Å². The van der Waals surface area contributed by atoms with E-state index in [1.807, 2.05) is 11.8 Å². The highest BCUT2D eigenvalue weighted by atomic mass is 16.5. The SMILES string of the molecule is CCOc1ccc(CC(C)CC(=O)N2CCNCC2)c(C)c1C. The topological polar surface area (TPSA) is 41.6 Å². The molecule has 0 aromatic heterocycles. The second-order valence-electron chi connectivity index (χ2n) is 6.55. The van der Waals surface area contributed by atoms with Gasteiger partial charge in [-0.05, 0) is 55.9 Å². The predicted octanol–water partition coefficient (Wildman–Crippen LogP) is 2.70. The molecule has 1 amide bonds. The Morgan fingerprint density at radius 3 is 2.61 bits per heavy atom. The molecule has 1 aliphatic rings. The zero-order valence-electron chi connectivity index (χ0n) is 14.9. The summed E-state index contributed by atoms with van der Waals surface area (Å²) in [6.45, 7) is 12.6. The van der Waals surface area contributed by atoms with E-state index in [2.05, 4.69) is 38.2 Å². The normalized spacial score (nSPS) is 16.3. The van der Waals surface area contributed by atoms with Crippen molar-refractivity contribution in [2.75, 3.05) is 32.8 Å². The summed E-state index contributed by atoms with van der Waals surface area (Å²) in [4.78, 5) is 14.4. The standard InChI is InChI=1S/C19H30N2O2/c1-5-23-18-7-6-17(15(3)16(18)4)12-14(2)13-19(22)21-10-8-20-9-11-21/h6-7,14,20H,5,8-13H2,1-4H3. The first-order valence-electron chi connectivity index (χ1n) is 8.73. The van der Waals surface area contributed by atoms with Crippen molar-refractivity contribution in [3.63, 3.8) is 0 Å². The molecular formula is C19H30N2O2. The molecule has 128 valence electrons. The van der Waals surface area contributed by atoms with Gasteiger partial charge < -0.3 is 15.0 Å². The molecule has 1 aromatic carbocycles. The number of hydrogen-bond acceptors (Lipinski definition) is 3. The first kappa shape index (κ1) is 17.8. The average molecular weight is 318 g/mol. The summed E-state index contributed by atoms with van der Waals surface area (Å²) in [5, 5.41) is 3.29. The first-order valence-corrected chi connectivity index (χ1v) is 8.73. The van der Waals surface area contributed by atoms with Gasteiger partial charge in [-0.25, -0.2) is 0 Å². The summed E-state index contributed by atoms with van der Waals surface area (Å²) in [5.74, 6) is 1.62.